The minimum absolute atomic E-state index is 0.313. The Morgan fingerprint density at radius 3 is 2.35 bits per heavy atom. The lowest BCUT2D eigenvalue weighted by Crippen LogP contribution is -2.31. The minimum atomic E-state index is 0.313. The lowest BCUT2D eigenvalue weighted by molar-refractivity contribution is 0.462. The summed E-state index contributed by atoms with van der Waals surface area (Å²) in [5.41, 5.74) is 2.54. The van der Waals surface area contributed by atoms with E-state index in [2.05, 4.69) is 109 Å². The molecule has 1 aromatic heterocycles. The Bertz CT molecular complexity index is 1380. The molecule has 2 unspecified atom stereocenters. The highest BCUT2D eigenvalue weighted by Gasteiger charge is 2.18. The highest BCUT2D eigenvalue weighted by molar-refractivity contribution is 7.19. The van der Waals surface area contributed by atoms with Crippen molar-refractivity contribution in [2.75, 3.05) is 0 Å². The average molecular weight is 482 g/mol. The van der Waals surface area contributed by atoms with Crippen LogP contribution in [0.2, 0.25) is 5.02 Å². The summed E-state index contributed by atoms with van der Waals surface area (Å²) in [5.74, 6) is 0.350. The first-order chi connectivity index (χ1) is 16.7. The fraction of sp³-hybridized carbons (Fsp3) is 0.161. The average Bonchev–Trinajstić information content (AvgIpc) is 3.29. The van der Waals surface area contributed by atoms with Gasteiger partial charge in [0.15, 0.2) is 0 Å². The zero-order valence-corrected chi connectivity index (χ0v) is 20.8. The molecule has 170 valence electrons. The van der Waals surface area contributed by atoms with E-state index in [1.54, 1.807) is 0 Å². The second-order valence-electron chi connectivity index (χ2n) is 8.82. The Balaban J connectivity index is 1.31. The van der Waals surface area contributed by atoms with Crippen molar-refractivity contribution in [3.8, 4) is 0 Å². The summed E-state index contributed by atoms with van der Waals surface area (Å²) in [6.07, 6.45) is 5.50. The SMILES string of the molecule is CC(NCc1cc2ccccc2s1)C(CC=Cc1ccc2ccccc2c1)c1ccc(Cl)cc1. The summed E-state index contributed by atoms with van der Waals surface area (Å²) >= 11 is 8.05. The molecule has 0 radical (unpaired) electrons. The molecule has 4 aromatic carbocycles. The highest BCUT2D eigenvalue weighted by atomic mass is 35.5. The first kappa shape index (κ1) is 22.9. The van der Waals surface area contributed by atoms with Gasteiger partial charge in [-0.1, -0.05) is 90.5 Å². The third kappa shape index (κ3) is 5.42. The number of rotatable bonds is 8. The molecule has 5 aromatic rings. The molecule has 34 heavy (non-hydrogen) atoms. The summed E-state index contributed by atoms with van der Waals surface area (Å²) in [5, 5.41) is 8.44. The van der Waals surface area contributed by atoms with Crippen molar-refractivity contribution in [3.63, 3.8) is 0 Å². The second-order valence-corrected chi connectivity index (χ2v) is 10.4. The van der Waals surface area contributed by atoms with Crippen LogP contribution >= 0.6 is 22.9 Å². The van der Waals surface area contributed by atoms with Crippen LogP contribution < -0.4 is 5.32 Å². The molecule has 0 saturated carbocycles. The van der Waals surface area contributed by atoms with Gasteiger partial charge in [-0.05, 0) is 71.0 Å². The number of benzene rings is 4. The van der Waals surface area contributed by atoms with Gasteiger partial charge in [-0.2, -0.15) is 0 Å². The number of thiophene rings is 1. The maximum Gasteiger partial charge on any atom is 0.0406 e. The van der Waals surface area contributed by atoms with E-state index in [9.17, 15) is 0 Å². The second kappa shape index (κ2) is 10.6. The van der Waals surface area contributed by atoms with Gasteiger partial charge in [-0.15, -0.1) is 11.3 Å². The monoisotopic (exact) mass is 481 g/mol. The third-order valence-electron chi connectivity index (χ3n) is 6.45. The van der Waals surface area contributed by atoms with Gasteiger partial charge in [0.2, 0.25) is 0 Å². The Morgan fingerprint density at radius 1 is 0.824 bits per heavy atom. The van der Waals surface area contributed by atoms with Crippen LogP contribution in [0.5, 0.6) is 0 Å². The van der Waals surface area contributed by atoms with Crippen molar-refractivity contribution in [2.24, 2.45) is 0 Å². The van der Waals surface area contributed by atoms with Gasteiger partial charge in [0.1, 0.15) is 0 Å². The predicted molar refractivity (Wildman–Crippen MR) is 150 cm³/mol. The van der Waals surface area contributed by atoms with Crippen LogP contribution in [-0.4, -0.2) is 6.04 Å². The molecule has 0 aliphatic carbocycles. The number of nitrogens with one attached hydrogen (secondary N) is 1. The number of allylic oxidation sites excluding steroid dienone is 1. The molecule has 1 nitrogen and oxygen atoms in total. The van der Waals surface area contributed by atoms with Crippen molar-refractivity contribution in [2.45, 2.75) is 31.8 Å². The zero-order chi connectivity index (χ0) is 23.3. The Morgan fingerprint density at radius 2 is 1.56 bits per heavy atom. The smallest absolute Gasteiger partial charge is 0.0406 e. The van der Waals surface area contributed by atoms with E-state index >= 15 is 0 Å². The summed E-state index contributed by atoms with van der Waals surface area (Å²) in [7, 11) is 0. The van der Waals surface area contributed by atoms with E-state index in [1.807, 2.05) is 23.5 Å². The summed E-state index contributed by atoms with van der Waals surface area (Å²) < 4.78 is 1.35. The predicted octanol–water partition coefficient (Wildman–Crippen LogP) is 9.07. The Kier molecular flexibility index (Phi) is 7.10. The maximum absolute atomic E-state index is 6.18. The molecule has 0 aliphatic rings. The van der Waals surface area contributed by atoms with Crippen LogP contribution in [0.3, 0.4) is 0 Å². The van der Waals surface area contributed by atoms with E-state index in [1.165, 1.54) is 36.9 Å². The van der Waals surface area contributed by atoms with Crippen LogP contribution in [0, 0.1) is 0 Å². The molecule has 5 rings (SSSR count). The Labute approximate surface area is 210 Å². The van der Waals surface area contributed by atoms with Gasteiger partial charge in [-0.25, -0.2) is 0 Å². The highest BCUT2D eigenvalue weighted by Crippen LogP contribution is 2.29. The lowest BCUT2D eigenvalue weighted by Gasteiger charge is -2.24. The molecule has 0 aliphatic heterocycles. The number of fused-ring (bicyclic) bond motifs is 2. The van der Waals surface area contributed by atoms with Crippen molar-refractivity contribution < 1.29 is 0 Å². The van der Waals surface area contributed by atoms with E-state index in [0.717, 1.165) is 18.0 Å². The van der Waals surface area contributed by atoms with Crippen molar-refractivity contribution in [1.82, 2.24) is 5.32 Å². The number of halogens is 1. The summed E-state index contributed by atoms with van der Waals surface area (Å²) in [6.45, 7) is 3.16. The topological polar surface area (TPSA) is 12.0 Å². The molecule has 1 heterocycles. The van der Waals surface area contributed by atoms with E-state index in [-0.39, 0.29) is 0 Å². The lowest BCUT2D eigenvalue weighted by atomic mass is 9.89. The van der Waals surface area contributed by atoms with Gasteiger partial charge in [-0.3, -0.25) is 0 Å². The van der Waals surface area contributed by atoms with E-state index in [0.29, 0.717) is 12.0 Å². The molecule has 0 amide bonds. The molecular formula is C31H28ClNS. The maximum atomic E-state index is 6.18. The van der Waals surface area contributed by atoms with Crippen LogP contribution in [-0.2, 0) is 6.54 Å². The standard InChI is InChI=1S/C31H28ClNS/c1-22(33-21-29-20-27-10-4-5-12-31(27)34-29)30(25-15-17-28(32)18-16-25)11-6-7-23-13-14-24-8-2-3-9-26(24)19-23/h2-10,12-20,22,30,33H,11,21H2,1H3. The van der Waals surface area contributed by atoms with Gasteiger partial charge >= 0.3 is 0 Å². The van der Waals surface area contributed by atoms with Gasteiger partial charge < -0.3 is 5.32 Å². The molecule has 1 N–H and O–H groups in total. The van der Waals surface area contributed by atoms with Crippen molar-refractivity contribution >= 4 is 49.9 Å². The third-order valence-corrected chi connectivity index (χ3v) is 7.82. The fourth-order valence-corrected chi connectivity index (χ4v) is 5.67. The Hall–Kier alpha value is -2.91. The molecule has 0 bridgehead atoms. The van der Waals surface area contributed by atoms with Gasteiger partial charge in [0.25, 0.3) is 0 Å². The number of hydrogen-bond donors (Lipinski definition) is 1. The molecule has 3 heteroatoms. The largest absolute Gasteiger partial charge is 0.309 e. The van der Waals surface area contributed by atoms with E-state index in [4.69, 9.17) is 11.6 Å². The summed E-state index contributed by atoms with van der Waals surface area (Å²) in [6, 6.07) is 34.7. The zero-order valence-electron chi connectivity index (χ0n) is 19.2. The molecule has 0 spiro atoms. The first-order valence-electron chi connectivity index (χ1n) is 11.8. The first-order valence-corrected chi connectivity index (χ1v) is 13.0. The van der Waals surface area contributed by atoms with Crippen molar-refractivity contribution in [1.29, 1.82) is 0 Å². The molecule has 0 fully saturated rings. The van der Waals surface area contributed by atoms with Crippen LogP contribution in [0.25, 0.3) is 26.9 Å². The minimum Gasteiger partial charge on any atom is -0.309 e. The normalized spacial score (nSPS) is 13.6. The van der Waals surface area contributed by atoms with Crippen molar-refractivity contribution in [3.05, 3.63) is 124 Å². The fourth-order valence-electron chi connectivity index (χ4n) is 4.53. The van der Waals surface area contributed by atoms with Gasteiger partial charge in [0.05, 0.1) is 0 Å². The summed E-state index contributed by atoms with van der Waals surface area (Å²) in [4.78, 5) is 1.37. The van der Waals surface area contributed by atoms with E-state index < -0.39 is 0 Å². The molecule has 2 atom stereocenters. The quantitative estimate of drug-likeness (QED) is 0.233. The molecule has 0 saturated heterocycles. The van der Waals surface area contributed by atoms with Crippen LogP contribution in [0.1, 0.15) is 35.3 Å². The van der Waals surface area contributed by atoms with Gasteiger partial charge in [0, 0.05) is 33.1 Å². The number of hydrogen-bond acceptors (Lipinski definition) is 2. The molecular weight excluding hydrogens is 454 g/mol. The van der Waals surface area contributed by atoms with Crippen LogP contribution in [0.15, 0.2) is 103 Å². The van der Waals surface area contributed by atoms with Crippen LogP contribution in [0.4, 0.5) is 0 Å².